The van der Waals surface area contributed by atoms with Crippen molar-refractivity contribution in [3.63, 3.8) is 0 Å². The average molecular weight is 247 g/mol. The topological polar surface area (TPSA) is 88.7 Å². The number of nitrogens with one attached hydrogen (secondary N) is 3. The Morgan fingerprint density at radius 2 is 1.24 bits per heavy atom. The number of rotatable bonds is 8. The molecule has 0 atom stereocenters. The smallest absolute Gasteiger partial charge is 0.407 e. The van der Waals surface area contributed by atoms with Crippen LogP contribution in [0.5, 0.6) is 0 Å². The Morgan fingerprint density at radius 3 is 1.59 bits per heavy atom. The summed E-state index contributed by atoms with van der Waals surface area (Å²) >= 11 is 0. The highest BCUT2D eigenvalue weighted by atomic mass is 16.5. The molecule has 0 bridgehead atoms. The van der Waals surface area contributed by atoms with Crippen LogP contribution in [-0.4, -0.2) is 51.6 Å². The van der Waals surface area contributed by atoms with E-state index in [0.717, 1.165) is 0 Å². The normalized spacial score (nSPS) is 9.53. The van der Waals surface area contributed by atoms with Crippen molar-refractivity contribution in [2.24, 2.45) is 0 Å². The molecule has 17 heavy (non-hydrogen) atoms. The third-order valence-electron chi connectivity index (χ3n) is 1.69. The number of hydrogen-bond acceptors (Lipinski definition) is 5. The van der Waals surface area contributed by atoms with E-state index in [4.69, 9.17) is 0 Å². The second-order valence-electron chi connectivity index (χ2n) is 3.04. The fourth-order valence-corrected chi connectivity index (χ4v) is 0.995. The van der Waals surface area contributed by atoms with Gasteiger partial charge in [-0.1, -0.05) is 0 Å². The van der Waals surface area contributed by atoms with Gasteiger partial charge in [0.05, 0.1) is 13.2 Å². The van der Waals surface area contributed by atoms with E-state index < -0.39 is 12.2 Å². The summed E-state index contributed by atoms with van der Waals surface area (Å²) in [6, 6.07) is 0. The van der Waals surface area contributed by atoms with Crippen LogP contribution in [0.4, 0.5) is 9.59 Å². The molecule has 0 radical (unpaired) electrons. The Kier molecular flexibility index (Phi) is 10.0. The number of alkyl carbamates (subject to hydrolysis) is 2. The summed E-state index contributed by atoms with van der Waals surface area (Å²) in [5.41, 5.74) is 0. The lowest BCUT2D eigenvalue weighted by Gasteiger charge is -2.07. The van der Waals surface area contributed by atoms with E-state index >= 15 is 0 Å². The van der Waals surface area contributed by atoms with Crippen LogP contribution in [0.1, 0.15) is 13.8 Å². The first-order valence-corrected chi connectivity index (χ1v) is 5.72. The highest BCUT2D eigenvalue weighted by Crippen LogP contribution is 1.75. The van der Waals surface area contributed by atoms with Crippen molar-refractivity contribution < 1.29 is 19.1 Å². The molecule has 0 aliphatic carbocycles. The number of amides is 2. The molecule has 2 amide bonds. The van der Waals surface area contributed by atoms with Crippen LogP contribution in [0.3, 0.4) is 0 Å². The van der Waals surface area contributed by atoms with Gasteiger partial charge >= 0.3 is 12.2 Å². The minimum absolute atomic E-state index is 0.364. The fourth-order valence-electron chi connectivity index (χ4n) is 0.995. The molecule has 0 saturated heterocycles. The second kappa shape index (κ2) is 11.0. The molecule has 0 unspecified atom stereocenters. The van der Waals surface area contributed by atoms with Crippen LogP contribution < -0.4 is 16.0 Å². The Morgan fingerprint density at radius 1 is 0.824 bits per heavy atom. The van der Waals surface area contributed by atoms with Crippen LogP contribution in [-0.2, 0) is 9.47 Å². The van der Waals surface area contributed by atoms with Gasteiger partial charge in [-0.25, -0.2) is 9.59 Å². The molecule has 0 aromatic carbocycles. The maximum absolute atomic E-state index is 10.9. The summed E-state index contributed by atoms with van der Waals surface area (Å²) in [7, 11) is 0. The van der Waals surface area contributed by atoms with Crippen molar-refractivity contribution in [1.82, 2.24) is 16.0 Å². The van der Waals surface area contributed by atoms with Gasteiger partial charge in [0.15, 0.2) is 0 Å². The first kappa shape index (κ1) is 15.5. The molecular formula is C10H21N3O4. The van der Waals surface area contributed by atoms with Crippen LogP contribution in [0.25, 0.3) is 0 Å². The zero-order valence-electron chi connectivity index (χ0n) is 10.4. The number of ether oxygens (including phenoxy) is 2. The van der Waals surface area contributed by atoms with Gasteiger partial charge in [0.25, 0.3) is 0 Å². The summed E-state index contributed by atoms with van der Waals surface area (Å²) < 4.78 is 9.35. The molecule has 0 saturated carbocycles. The van der Waals surface area contributed by atoms with E-state index in [1.54, 1.807) is 13.8 Å². The standard InChI is InChI=1S/C10H21N3O4/c1-3-16-9(14)12-7-5-11-6-8-13-10(15)17-4-2/h11H,3-8H2,1-2H3,(H,12,14)(H,13,15). The fraction of sp³-hybridized carbons (Fsp3) is 0.800. The Labute approximate surface area is 101 Å². The second-order valence-corrected chi connectivity index (χ2v) is 3.04. The van der Waals surface area contributed by atoms with Crippen LogP contribution in [0.2, 0.25) is 0 Å². The van der Waals surface area contributed by atoms with E-state index in [1.807, 2.05) is 0 Å². The van der Waals surface area contributed by atoms with Crippen molar-refractivity contribution in [3.05, 3.63) is 0 Å². The summed E-state index contributed by atoms with van der Waals surface area (Å²) in [4.78, 5) is 21.7. The highest BCUT2D eigenvalue weighted by molar-refractivity contribution is 5.67. The predicted molar refractivity (Wildman–Crippen MR) is 62.9 cm³/mol. The van der Waals surface area contributed by atoms with Gasteiger partial charge < -0.3 is 25.4 Å². The van der Waals surface area contributed by atoms with E-state index in [9.17, 15) is 9.59 Å². The van der Waals surface area contributed by atoms with Crippen molar-refractivity contribution in [1.29, 1.82) is 0 Å². The molecule has 0 aliphatic rings. The molecule has 0 aromatic heterocycles. The quantitative estimate of drug-likeness (QED) is 0.528. The lowest BCUT2D eigenvalue weighted by molar-refractivity contribution is 0.152. The Hall–Kier alpha value is -1.50. The molecule has 0 aliphatic heterocycles. The van der Waals surface area contributed by atoms with Crippen LogP contribution in [0.15, 0.2) is 0 Å². The van der Waals surface area contributed by atoms with E-state index in [0.29, 0.717) is 39.4 Å². The SMILES string of the molecule is CCOC(=O)NCCNCCNC(=O)OCC. The average Bonchev–Trinajstić information content (AvgIpc) is 2.28. The molecule has 100 valence electrons. The first-order valence-electron chi connectivity index (χ1n) is 5.72. The number of carbonyl (C=O) groups excluding carboxylic acids is 2. The first-order chi connectivity index (χ1) is 8.20. The van der Waals surface area contributed by atoms with Crippen LogP contribution in [0, 0.1) is 0 Å². The number of hydrogen-bond donors (Lipinski definition) is 3. The summed E-state index contributed by atoms with van der Waals surface area (Å²) in [6.07, 6.45) is -0.835. The molecule has 0 spiro atoms. The van der Waals surface area contributed by atoms with Crippen molar-refractivity contribution >= 4 is 12.2 Å². The van der Waals surface area contributed by atoms with Gasteiger partial charge in [-0.2, -0.15) is 0 Å². The molecule has 7 heteroatoms. The third-order valence-corrected chi connectivity index (χ3v) is 1.69. The lowest BCUT2D eigenvalue weighted by atomic mass is 10.5. The van der Waals surface area contributed by atoms with Crippen molar-refractivity contribution in [3.8, 4) is 0 Å². The van der Waals surface area contributed by atoms with Crippen molar-refractivity contribution in [2.45, 2.75) is 13.8 Å². The van der Waals surface area contributed by atoms with Gasteiger partial charge in [0, 0.05) is 26.2 Å². The summed E-state index contributed by atoms with van der Waals surface area (Å²) in [5, 5.41) is 8.18. The monoisotopic (exact) mass is 247 g/mol. The number of carbonyl (C=O) groups is 2. The van der Waals surface area contributed by atoms with Gasteiger partial charge in [-0.05, 0) is 13.8 Å². The van der Waals surface area contributed by atoms with E-state index in [1.165, 1.54) is 0 Å². The van der Waals surface area contributed by atoms with Gasteiger partial charge in [0.1, 0.15) is 0 Å². The van der Waals surface area contributed by atoms with E-state index in [2.05, 4.69) is 25.4 Å². The van der Waals surface area contributed by atoms with Gasteiger partial charge in [0.2, 0.25) is 0 Å². The molecule has 0 rings (SSSR count). The molecule has 0 aromatic rings. The lowest BCUT2D eigenvalue weighted by Crippen LogP contribution is -2.36. The minimum atomic E-state index is -0.418. The van der Waals surface area contributed by atoms with Gasteiger partial charge in [-0.15, -0.1) is 0 Å². The maximum atomic E-state index is 10.9. The maximum Gasteiger partial charge on any atom is 0.407 e. The molecule has 0 fully saturated rings. The molecule has 0 heterocycles. The largest absolute Gasteiger partial charge is 0.450 e. The molecular weight excluding hydrogens is 226 g/mol. The summed E-state index contributed by atoms with van der Waals surface area (Å²) in [5.74, 6) is 0. The van der Waals surface area contributed by atoms with Gasteiger partial charge in [-0.3, -0.25) is 0 Å². The van der Waals surface area contributed by atoms with Crippen LogP contribution >= 0.6 is 0 Å². The Balaban J connectivity index is 3.18. The molecule has 3 N–H and O–H groups in total. The Bertz CT molecular complexity index is 202. The van der Waals surface area contributed by atoms with E-state index in [-0.39, 0.29) is 0 Å². The highest BCUT2D eigenvalue weighted by Gasteiger charge is 1.99. The van der Waals surface area contributed by atoms with Crippen molar-refractivity contribution in [2.75, 3.05) is 39.4 Å². The minimum Gasteiger partial charge on any atom is -0.450 e. The zero-order valence-corrected chi connectivity index (χ0v) is 10.4. The predicted octanol–water partition coefficient (Wildman–Crippen LogP) is 0.0682. The third kappa shape index (κ3) is 10.8. The molecule has 7 nitrogen and oxygen atoms in total. The summed E-state index contributed by atoms with van der Waals surface area (Å²) in [6.45, 7) is 6.42. The zero-order chi connectivity index (χ0) is 12.9.